The van der Waals surface area contributed by atoms with Crippen LogP contribution in [-0.2, 0) is 18.3 Å². The summed E-state index contributed by atoms with van der Waals surface area (Å²) in [7, 11) is 2.00. The summed E-state index contributed by atoms with van der Waals surface area (Å²) in [5, 5.41) is 6.47. The Balaban J connectivity index is 0.00000280. The molecule has 0 saturated carbocycles. The fourth-order valence-corrected chi connectivity index (χ4v) is 3.54. The minimum Gasteiger partial charge on any atom is -0.355 e. The smallest absolute Gasteiger partial charge is 0.234 e. The van der Waals surface area contributed by atoms with E-state index in [-0.39, 0.29) is 24.4 Å². The third-order valence-corrected chi connectivity index (χ3v) is 5.24. The maximum Gasteiger partial charge on any atom is 0.234 e. The van der Waals surface area contributed by atoms with Gasteiger partial charge in [0.25, 0.3) is 0 Å². The number of halogens is 1. The highest BCUT2D eigenvalue weighted by molar-refractivity contribution is 5.85. The second-order valence-electron chi connectivity index (χ2n) is 7.58. The molecule has 1 saturated heterocycles. The number of benzene rings is 1. The maximum atomic E-state index is 12.4. The number of carbonyl (C=O) groups is 1. The van der Waals surface area contributed by atoms with Crippen LogP contribution in [0.3, 0.4) is 0 Å². The highest BCUT2D eigenvalue weighted by atomic mass is 35.5. The summed E-state index contributed by atoms with van der Waals surface area (Å²) in [5.41, 5.74) is 2.61. The van der Waals surface area contributed by atoms with Gasteiger partial charge in [-0.2, -0.15) is 0 Å². The quantitative estimate of drug-likeness (QED) is 0.741. The molecule has 2 heterocycles. The van der Waals surface area contributed by atoms with Crippen LogP contribution in [0.1, 0.15) is 42.8 Å². The van der Waals surface area contributed by atoms with Crippen LogP contribution in [-0.4, -0.2) is 53.1 Å². The Kier molecular flexibility index (Phi) is 8.48. The molecular weight excluding hydrogens is 374 g/mol. The molecule has 7 heteroatoms. The van der Waals surface area contributed by atoms with Gasteiger partial charge in [0.05, 0.1) is 12.6 Å². The fourth-order valence-electron chi connectivity index (χ4n) is 3.54. The molecule has 154 valence electrons. The number of amides is 1. The highest BCUT2D eigenvalue weighted by Crippen LogP contribution is 2.19. The Morgan fingerprint density at radius 1 is 1.32 bits per heavy atom. The zero-order chi connectivity index (χ0) is 19.2. The molecule has 1 aliphatic heterocycles. The number of nitrogens with zero attached hydrogens (tertiary/aromatic N) is 3. The van der Waals surface area contributed by atoms with Crippen molar-refractivity contribution in [2.45, 2.75) is 32.2 Å². The molecule has 28 heavy (non-hydrogen) atoms. The van der Waals surface area contributed by atoms with Crippen molar-refractivity contribution in [3.05, 3.63) is 53.6 Å². The second-order valence-corrected chi connectivity index (χ2v) is 7.58. The lowest BCUT2D eigenvalue weighted by Gasteiger charge is -2.35. The molecular formula is C21H32ClN5O. The standard InChI is InChI=1S/C21H31N5O.ClH/c1-16(2)18-6-4-17(5-7-18)8-9-23-20(27)15-26-13-10-22-14-19(26)21-24-11-12-25(21)3;/h4-7,11-12,16,19,22H,8-10,13-15H2,1-3H3,(H,23,27);1H. The first kappa shape index (κ1) is 22.4. The first-order valence-corrected chi connectivity index (χ1v) is 9.82. The first-order chi connectivity index (χ1) is 13.0. The van der Waals surface area contributed by atoms with E-state index in [4.69, 9.17) is 0 Å². The van der Waals surface area contributed by atoms with Crippen LogP contribution in [0, 0.1) is 0 Å². The van der Waals surface area contributed by atoms with Crippen LogP contribution in [0.4, 0.5) is 0 Å². The summed E-state index contributed by atoms with van der Waals surface area (Å²) in [6, 6.07) is 8.82. The largest absolute Gasteiger partial charge is 0.355 e. The molecule has 3 rings (SSSR count). The monoisotopic (exact) mass is 405 g/mol. The van der Waals surface area contributed by atoms with Gasteiger partial charge in [-0.15, -0.1) is 12.4 Å². The number of hydrogen-bond donors (Lipinski definition) is 2. The van der Waals surface area contributed by atoms with Crippen molar-refractivity contribution in [1.82, 2.24) is 25.1 Å². The van der Waals surface area contributed by atoms with Gasteiger partial charge in [0.2, 0.25) is 5.91 Å². The maximum absolute atomic E-state index is 12.4. The van der Waals surface area contributed by atoms with Crippen molar-refractivity contribution in [3.8, 4) is 0 Å². The van der Waals surface area contributed by atoms with E-state index in [1.165, 1.54) is 11.1 Å². The van der Waals surface area contributed by atoms with Gasteiger partial charge in [0.15, 0.2) is 0 Å². The average Bonchev–Trinajstić information content (AvgIpc) is 3.08. The van der Waals surface area contributed by atoms with Crippen molar-refractivity contribution < 1.29 is 4.79 Å². The van der Waals surface area contributed by atoms with E-state index in [2.05, 4.69) is 58.6 Å². The van der Waals surface area contributed by atoms with Gasteiger partial charge < -0.3 is 15.2 Å². The van der Waals surface area contributed by atoms with Crippen LogP contribution in [0.25, 0.3) is 0 Å². The zero-order valence-electron chi connectivity index (χ0n) is 17.0. The predicted molar refractivity (Wildman–Crippen MR) is 115 cm³/mol. The molecule has 0 spiro atoms. The number of carbonyl (C=O) groups excluding carboxylic acids is 1. The van der Waals surface area contributed by atoms with E-state index in [0.29, 0.717) is 19.0 Å². The summed E-state index contributed by atoms with van der Waals surface area (Å²) in [6.45, 7) is 8.04. The summed E-state index contributed by atoms with van der Waals surface area (Å²) in [4.78, 5) is 19.1. The minimum atomic E-state index is 0. The Morgan fingerprint density at radius 3 is 2.71 bits per heavy atom. The minimum absolute atomic E-state index is 0. The van der Waals surface area contributed by atoms with E-state index in [1.807, 2.05) is 24.0 Å². The van der Waals surface area contributed by atoms with Gasteiger partial charge in [-0.1, -0.05) is 38.1 Å². The van der Waals surface area contributed by atoms with E-state index >= 15 is 0 Å². The molecule has 1 atom stereocenters. The summed E-state index contributed by atoms with van der Waals surface area (Å²) >= 11 is 0. The van der Waals surface area contributed by atoms with Crippen LogP contribution < -0.4 is 10.6 Å². The fraction of sp³-hybridized carbons (Fsp3) is 0.524. The highest BCUT2D eigenvalue weighted by Gasteiger charge is 2.28. The third-order valence-electron chi connectivity index (χ3n) is 5.24. The van der Waals surface area contributed by atoms with Crippen molar-refractivity contribution >= 4 is 18.3 Å². The summed E-state index contributed by atoms with van der Waals surface area (Å²) < 4.78 is 2.03. The van der Waals surface area contributed by atoms with Crippen molar-refractivity contribution in [3.63, 3.8) is 0 Å². The van der Waals surface area contributed by atoms with E-state index < -0.39 is 0 Å². The molecule has 0 aliphatic carbocycles. The number of aromatic nitrogens is 2. The van der Waals surface area contributed by atoms with E-state index in [0.717, 1.165) is 31.9 Å². The molecule has 0 bridgehead atoms. The number of imidazole rings is 1. The van der Waals surface area contributed by atoms with Crippen molar-refractivity contribution in [1.29, 1.82) is 0 Å². The molecule has 1 unspecified atom stereocenters. The van der Waals surface area contributed by atoms with Crippen molar-refractivity contribution in [2.24, 2.45) is 7.05 Å². The van der Waals surface area contributed by atoms with Gasteiger partial charge >= 0.3 is 0 Å². The van der Waals surface area contributed by atoms with Gasteiger partial charge in [0.1, 0.15) is 5.82 Å². The van der Waals surface area contributed by atoms with Gasteiger partial charge in [0, 0.05) is 45.6 Å². The second kappa shape index (κ2) is 10.6. The molecule has 1 aromatic heterocycles. The van der Waals surface area contributed by atoms with Crippen LogP contribution in [0.2, 0.25) is 0 Å². The zero-order valence-corrected chi connectivity index (χ0v) is 17.8. The molecule has 1 aromatic carbocycles. The lowest BCUT2D eigenvalue weighted by Crippen LogP contribution is -2.50. The topological polar surface area (TPSA) is 62.2 Å². The molecule has 0 radical (unpaired) electrons. The SMILES string of the molecule is CC(C)c1ccc(CCNC(=O)CN2CCNCC2c2nccn2C)cc1.Cl. The van der Waals surface area contributed by atoms with Crippen molar-refractivity contribution in [2.75, 3.05) is 32.7 Å². The van der Waals surface area contributed by atoms with E-state index in [9.17, 15) is 4.79 Å². The number of aryl methyl sites for hydroxylation is 1. The van der Waals surface area contributed by atoms with Crippen LogP contribution in [0.15, 0.2) is 36.7 Å². The van der Waals surface area contributed by atoms with Crippen LogP contribution >= 0.6 is 12.4 Å². The first-order valence-electron chi connectivity index (χ1n) is 9.82. The molecule has 2 N–H and O–H groups in total. The molecule has 1 amide bonds. The summed E-state index contributed by atoms with van der Waals surface area (Å²) in [5.74, 6) is 1.62. The molecule has 1 fully saturated rings. The number of nitrogens with one attached hydrogen (secondary N) is 2. The van der Waals surface area contributed by atoms with Gasteiger partial charge in [-0.05, 0) is 23.5 Å². The lowest BCUT2D eigenvalue weighted by molar-refractivity contribution is -0.123. The van der Waals surface area contributed by atoms with Gasteiger partial charge in [-0.3, -0.25) is 9.69 Å². The van der Waals surface area contributed by atoms with E-state index in [1.54, 1.807) is 0 Å². The molecule has 1 aliphatic rings. The number of piperazine rings is 1. The third kappa shape index (κ3) is 5.80. The Morgan fingerprint density at radius 2 is 2.07 bits per heavy atom. The Labute approximate surface area is 174 Å². The average molecular weight is 406 g/mol. The number of rotatable bonds is 7. The predicted octanol–water partition coefficient (Wildman–Crippen LogP) is 2.27. The molecule has 2 aromatic rings. The molecule has 6 nitrogen and oxygen atoms in total. The normalized spacial score (nSPS) is 17.4. The summed E-state index contributed by atoms with van der Waals surface area (Å²) in [6.07, 6.45) is 4.62. The Hall–Kier alpha value is -1.89. The van der Waals surface area contributed by atoms with Crippen LogP contribution in [0.5, 0.6) is 0 Å². The Bertz CT molecular complexity index is 744. The van der Waals surface area contributed by atoms with Gasteiger partial charge in [-0.25, -0.2) is 4.98 Å². The lowest BCUT2D eigenvalue weighted by atomic mass is 10.0. The number of hydrogen-bond acceptors (Lipinski definition) is 4.